The van der Waals surface area contributed by atoms with E-state index in [1.54, 1.807) is 0 Å². The van der Waals surface area contributed by atoms with Crippen molar-refractivity contribution < 1.29 is 4.79 Å². The summed E-state index contributed by atoms with van der Waals surface area (Å²) in [7, 11) is 0. The largest absolute Gasteiger partial charge is 0.352 e. The molecule has 3 unspecified atom stereocenters. The SMILES string of the molecule is CCn1cc(CNC(=O)CC2CC3CCC2C3)cn1. The van der Waals surface area contributed by atoms with E-state index in [1.807, 2.05) is 17.1 Å². The van der Waals surface area contributed by atoms with Crippen molar-refractivity contribution in [1.82, 2.24) is 15.1 Å². The molecular formula is C15H23N3O. The lowest BCUT2D eigenvalue weighted by Crippen LogP contribution is -2.26. The van der Waals surface area contributed by atoms with Crippen LogP contribution in [0.3, 0.4) is 0 Å². The first kappa shape index (κ1) is 12.7. The Balaban J connectivity index is 1.44. The summed E-state index contributed by atoms with van der Waals surface area (Å²) >= 11 is 0. The number of fused-ring (bicyclic) bond motifs is 2. The van der Waals surface area contributed by atoms with Crippen LogP contribution in [0.25, 0.3) is 0 Å². The van der Waals surface area contributed by atoms with E-state index in [9.17, 15) is 4.79 Å². The van der Waals surface area contributed by atoms with Crippen molar-refractivity contribution in [3.8, 4) is 0 Å². The van der Waals surface area contributed by atoms with E-state index in [4.69, 9.17) is 0 Å². The highest BCUT2D eigenvalue weighted by Gasteiger charge is 2.39. The number of hydrogen-bond acceptors (Lipinski definition) is 2. The van der Waals surface area contributed by atoms with Crippen LogP contribution in [0.15, 0.2) is 12.4 Å². The lowest BCUT2D eigenvalue weighted by Gasteiger charge is -2.20. The Hall–Kier alpha value is -1.32. The van der Waals surface area contributed by atoms with Crippen LogP contribution in [0.5, 0.6) is 0 Å². The normalized spacial score (nSPS) is 28.8. The molecule has 3 atom stereocenters. The molecule has 1 aromatic rings. The molecule has 0 spiro atoms. The van der Waals surface area contributed by atoms with Crippen molar-refractivity contribution in [2.24, 2.45) is 17.8 Å². The van der Waals surface area contributed by atoms with Crippen molar-refractivity contribution in [2.75, 3.05) is 0 Å². The Labute approximate surface area is 114 Å². The summed E-state index contributed by atoms with van der Waals surface area (Å²) in [5.41, 5.74) is 1.09. The van der Waals surface area contributed by atoms with Crippen LogP contribution in [0, 0.1) is 17.8 Å². The van der Waals surface area contributed by atoms with Gasteiger partial charge in [-0.15, -0.1) is 0 Å². The number of aryl methyl sites for hydroxylation is 1. The van der Waals surface area contributed by atoms with Gasteiger partial charge < -0.3 is 5.32 Å². The minimum absolute atomic E-state index is 0.210. The third-order valence-corrected chi connectivity index (χ3v) is 4.83. The van der Waals surface area contributed by atoms with Crippen LogP contribution in [-0.4, -0.2) is 15.7 Å². The molecule has 104 valence electrons. The second-order valence-corrected chi connectivity index (χ2v) is 6.12. The number of amides is 1. The fourth-order valence-electron chi connectivity index (χ4n) is 3.81. The van der Waals surface area contributed by atoms with Gasteiger partial charge >= 0.3 is 0 Å². The summed E-state index contributed by atoms with van der Waals surface area (Å²) in [4.78, 5) is 12.0. The number of aromatic nitrogens is 2. The van der Waals surface area contributed by atoms with Crippen LogP contribution in [-0.2, 0) is 17.9 Å². The zero-order valence-corrected chi connectivity index (χ0v) is 11.6. The summed E-state index contributed by atoms with van der Waals surface area (Å²) in [6.45, 7) is 3.54. The molecule has 4 nitrogen and oxygen atoms in total. The van der Waals surface area contributed by atoms with Crippen LogP contribution < -0.4 is 5.32 Å². The maximum atomic E-state index is 12.0. The number of carbonyl (C=O) groups is 1. The Bertz CT molecular complexity index is 454. The maximum absolute atomic E-state index is 12.0. The van der Waals surface area contributed by atoms with E-state index in [-0.39, 0.29) is 5.91 Å². The maximum Gasteiger partial charge on any atom is 0.220 e. The molecule has 2 aliphatic rings. The van der Waals surface area contributed by atoms with Crippen LogP contribution >= 0.6 is 0 Å². The Morgan fingerprint density at radius 3 is 3.00 bits per heavy atom. The van der Waals surface area contributed by atoms with Gasteiger partial charge in [-0.1, -0.05) is 6.42 Å². The van der Waals surface area contributed by atoms with Crippen molar-refractivity contribution >= 4 is 5.91 Å². The van der Waals surface area contributed by atoms with Crippen LogP contribution in [0.1, 0.15) is 44.6 Å². The third-order valence-electron chi connectivity index (χ3n) is 4.83. The van der Waals surface area contributed by atoms with Crippen LogP contribution in [0.2, 0.25) is 0 Å². The van der Waals surface area contributed by atoms with E-state index in [0.717, 1.165) is 30.4 Å². The second-order valence-electron chi connectivity index (χ2n) is 6.12. The molecule has 1 amide bonds. The molecule has 19 heavy (non-hydrogen) atoms. The van der Waals surface area contributed by atoms with Gasteiger partial charge in [-0.25, -0.2) is 0 Å². The number of carbonyl (C=O) groups excluding carboxylic acids is 1. The van der Waals surface area contributed by atoms with Gasteiger partial charge in [0, 0.05) is 31.3 Å². The summed E-state index contributed by atoms with van der Waals surface area (Å²) < 4.78 is 1.89. The topological polar surface area (TPSA) is 46.9 Å². The first-order chi connectivity index (χ1) is 9.24. The third kappa shape index (κ3) is 2.82. The molecule has 2 aliphatic carbocycles. The first-order valence-electron chi connectivity index (χ1n) is 7.52. The monoisotopic (exact) mass is 261 g/mol. The molecule has 0 aliphatic heterocycles. The zero-order chi connectivity index (χ0) is 13.2. The number of nitrogens with one attached hydrogen (secondary N) is 1. The smallest absolute Gasteiger partial charge is 0.220 e. The van der Waals surface area contributed by atoms with Crippen LogP contribution in [0.4, 0.5) is 0 Å². The minimum atomic E-state index is 0.210. The van der Waals surface area contributed by atoms with Gasteiger partial charge in [-0.2, -0.15) is 5.10 Å². The van der Waals surface area contributed by atoms with Gasteiger partial charge in [0.05, 0.1) is 6.20 Å². The first-order valence-corrected chi connectivity index (χ1v) is 7.52. The van der Waals surface area contributed by atoms with Gasteiger partial charge in [0.1, 0.15) is 0 Å². The quantitative estimate of drug-likeness (QED) is 0.884. The molecule has 2 saturated carbocycles. The fourth-order valence-corrected chi connectivity index (χ4v) is 3.81. The fraction of sp³-hybridized carbons (Fsp3) is 0.733. The highest BCUT2D eigenvalue weighted by Crippen LogP contribution is 2.49. The summed E-state index contributed by atoms with van der Waals surface area (Å²) in [6, 6.07) is 0. The van der Waals surface area contributed by atoms with Crippen molar-refractivity contribution in [2.45, 2.75) is 52.1 Å². The predicted octanol–water partition coefficient (Wildman–Crippen LogP) is 2.35. The molecule has 1 heterocycles. The lowest BCUT2D eigenvalue weighted by atomic mass is 9.86. The van der Waals surface area contributed by atoms with Gasteiger partial charge in [0.15, 0.2) is 0 Å². The molecule has 0 radical (unpaired) electrons. The van der Waals surface area contributed by atoms with E-state index in [2.05, 4.69) is 17.3 Å². The molecule has 1 aromatic heterocycles. The van der Waals surface area contributed by atoms with E-state index < -0.39 is 0 Å². The van der Waals surface area contributed by atoms with E-state index in [1.165, 1.54) is 25.7 Å². The average Bonchev–Trinajstić information content (AvgIpc) is 3.12. The lowest BCUT2D eigenvalue weighted by molar-refractivity contribution is -0.122. The Morgan fingerprint density at radius 2 is 2.37 bits per heavy atom. The van der Waals surface area contributed by atoms with Gasteiger partial charge in [-0.3, -0.25) is 9.48 Å². The second kappa shape index (κ2) is 5.35. The molecule has 2 bridgehead atoms. The van der Waals surface area contributed by atoms with Gasteiger partial charge in [0.2, 0.25) is 5.91 Å². The molecule has 0 saturated heterocycles. The standard InChI is InChI=1S/C15H23N3O/c1-2-18-10-12(9-17-18)8-16-15(19)7-14-6-11-3-4-13(14)5-11/h9-11,13-14H,2-8H2,1H3,(H,16,19). The zero-order valence-electron chi connectivity index (χ0n) is 11.6. The van der Waals surface area contributed by atoms with E-state index in [0.29, 0.717) is 12.5 Å². The molecule has 1 N–H and O–H groups in total. The van der Waals surface area contributed by atoms with Crippen molar-refractivity contribution in [1.29, 1.82) is 0 Å². The average molecular weight is 261 g/mol. The highest BCUT2D eigenvalue weighted by molar-refractivity contribution is 5.76. The van der Waals surface area contributed by atoms with Crippen molar-refractivity contribution in [3.63, 3.8) is 0 Å². The summed E-state index contributed by atoms with van der Waals surface area (Å²) in [6.07, 6.45) is 9.97. The number of hydrogen-bond donors (Lipinski definition) is 1. The van der Waals surface area contributed by atoms with Gasteiger partial charge in [-0.05, 0) is 43.9 Å². The molecule has 2 fully saturated rings. The number of rotatable bonds is 5. The van der Waals surface area contributed by atoms with Gasteiger partial charge in [0.25, 0.3) is 0 Å². The predicted molar refractivity (Wildman–Crippen MR) is 73.3 cm³/mol. The number of nitrogens with zero attached hydrogens (tertiary/aromatic N) is 2. The Kier molecular flexibility index (Phi) is 3.58. The molecule has 3 rings (SSSR count). The highest BCUT2D eigenvalue weighted by atomic mass is 16.1. The molecular weight excluding hydrogens is 238 g/mol. The summed E-state index contributed by atoms with van der Waals surface area (Å²) in [5.74, 6) is 2.61. The minimum Gasteiger partial charge on any atom is -0.352 e. The van der Waals surface area contributed by atoms with E-state index >= 15 is 0 Å². The Morgan fingerprint density at radius 1 is 1.47 bits per heavy atom. The summed E-state index contributed by atoms with van der Waals surface area (Å²) in [5, 5.41) is 7.24. The van der Waals surface area contributed by atoms with Crippen molar-refractivity contribution in [3.05, 3.63) is 18.0 Å². The molecule has 4 heteroatoms. The molecule has 0 aromatic carbocycles.